The lowest BCUT2D eigenvalue weighted by Crippen LogP contribution is -2.11. The zero-order chi connectivity index (χ0) is 13.9. The number of aromatic nitrogens is 1. The average Bonchev–Trinajstić information content (AvgIpc) is 2.57. The van der Waals surface area contributed by atoms with Gasteiger partial charge in [0.05, 0.1) is 17.2 Å². The summed E-state index contributed by atoms with van der Waals surface area (Å²) >= 11 is 6.24. The Labute approximate surface area is 113 Å². The number of aromatic carboxylic acids is 1. The number of hydrogen-bond donors (Lipinski definition) is 1. The Hall–Kier alpha value is -1.00. The third-order valence-corrected chi connectivity index (χ3v) is 3.70. The standard InChI is InChI=1S/C13H20ClNO3/c1-5-8(2)12-11(14)10(13(16)17)9(3)15(12)6-7-18-4/h8H,5-7H2,1-4H3,(H,16,17). The highest BCUT2D eigenvalue weighted by molar-refractivity contribution is 6.34. The Kier molecular flexibility index (Phi) is 5.23. The van der Waals surface area contributed by atoms with Crippen molar-refractivity contribution in [3.8, 4) is 0 Å². The van der Waals surface area contributed by atoms with E-state index in [-0.39, 0.29) is 11.5 Å². The van der Waals surface area contributed by atoms with Gasteiger partial charge in [-0.15, -0.1) is 0 Å². The summed E-state index contributed by atoms with van der Waals surface area (Å²) in [5, 5.41) is 9.60. The largest absolute Gasteiger partial charge is 0.478 e. The average molecular weight is 274 g/mol. The van der Waals surface area contributed by atoms with Crippen molar-refractivity contribution in [2.24, 2.45) is 0 Å². The minimum atomic E-state index is -0.974. The van der Waals surface area contributed by atoms with E-state index in [0.717, 1.165) is 12.1 Å². The van der Waals surface area contributed by atoms with E-state index in [2.05, 4.69) is 13.8 Å². The van der Waals surface area contributed by atoms with Gasteiger partial charge in [0.15, 0.2) is 0 Å². The smallest absolute Gasteiger partial charge is 0.339 e. The van der Waals surface area contributed by atoms with Gasteiger partial charge in [-0.1, -0.05) is 25.4 Å². The van der Waals surface area contributed by atoms with Crippen molar-refractivity contribution in [1.82, 2.24) is 4.57 Å². The first-order chi connectivity index (χ1) is 8.45. The summed E-state index contributed by atoms with van der Waals surface area (Å²) < 4.78 is 7.03. The van der Waals surface area contributed by atoms with Gasteiger partial charge in [0.2, 0.25) is 0 Å². The normalized spacial score (nSPS) is 12.7. The Bertz CT molecular complexity index is 440. The molecule has 0 aliphatic heterocycles. The summed E-state index contributed by atoms with van der Waals surface area (Å²) in [7, 11) is 1.63. The van der Waals surface area contributed by atoms with Gasteiger partial charge in [-0.25, -0.2) is 4.79 Å². The zero-order valence-corrected chi connectivity index (χ0v) is 12.0. The number of nitrogens with zero attached hydrogens (tertiary/aromatic N) is 1. The fraction of sp³-hybridized carbons (Fsp3) is 0.615. The monoisotopic (exact) mass is 273 g/mol. The maximum Gasteiger partial charge on any atom is 0.339 e. The van der Waals surface area contributed by atoms with Gasteiger partial charge >= 0.3 is 5.97 Å². The number of ether oxygens (including phenoxy) is 1. The molecule has 0 saturated carbocycles. The van der Waals surface area contributed by atoms with Gasteiger partial charge in [-0.2, -0.15) is 0 Å². The third-order valence-electron chi connectivity index (χ3n) is 3.31. The summed E-state index contributed by atoms with van der Waals surface area (Å²) in [5.41, 5.74) is 1.80. The predicted octanol–water partition coefficient (Wildman–Crippen LogP) is 3.31. The molecule has 0 aromatic carbocycles. The Morgan fingerprint density at radius 1 is 1.56 bits per heavy atom. The van der Waals surface area contributed by atoms with Gasteiger partial charge < -0.3 is 14.4 Å². The van der Waals surface area contributed by atoms with Gasteiger partial charge in [0, 0.05) is 25.0 Å². The van der Waals surface area contributed by atoms with E-state index in [4.69, 9.17) is 16.3 Å². The van der Waals surface area contributed by atoms with Crippen molar-refractivity contribution in [3.63, 3.8) is 0 Å². The van der Waals surface area contributed by atoms with E-state index in [1.54, 1.807) is 14.0 Å². The Morgan fingerprint density at radius 3 is 2.61 bits per heavy atom. The molecule has 0 radical (unpaired) electrons. The quantitative estimate of drug-likeness (QED) is 0.865. The van der Waals surface area contributed by atoms with Crippen molar-refractivity contribution in [2.45, 2.75) is 39.7 Å². The summed E-state index contributed by atoms with van der Waals surface area (Å²) in [6.07, 6.45) is 0.912. The minimum absolute atomic E-state index is 0.211. The van der Waals surface area contributed by atoms with Crippen molar-refractivity contribution < 1.29 is 14.6 Å². The summed E-state index contributed by atoms with van der Waals surface area (Å²) in [5.74, 6) is -0.751. The number of halogens is 1. The lowest BCUT2D eigenvalue weighted by molar-refractivity contribution is 0.0696. The lowest BCUT2D eigenvalue weighted by Gasteiger charge is -2.15. The molecular weight excluding hydrogens is 254 g/mol. The van der Waals surface area contributed by atoms with Gasteiger partial charge in [0.1, 0.15) is 0 Å². The van der Waals surface area contributed by atoms with Crippen LogP contribution in [0, 0.1) is 6.92 Å². The van der Waals surface area contributed by atoms with Crippen LogP contribution in [0.5, 0.6) is 0 Å². The van der Waals surface area contributed by atoms with Crippen LogP contribution in [0.25, 0.3) is 0 Å². The van der Waals surface area contributed by atoms with Crippen LogP contribution in [0.4, 0.5) is 0 Å². The van der Waals surface area contributed by atoms with Crippen LogP contribution in [0.15, 0.2) is 0 Å². The number of carbonyl (C=O) groups is 1. The van der Waals surface area contributed by atoms with Gasteiger partial charge in [-0.05, 0) is 19.3 Å². The molecule has 0 amide bonds. The fourth-order valence-electron chi connectivity index (χ4n) is 2.12. The zero-order valence-electron chi connectivity index (χ0n) is 11.3. The fourth-order valence-corrected chi connectivity index (χ4v) is 2.62. The van der Waals surface area contributed by atoms with Crippen LogP contribution in [-0.4, -0.2) is 29.4 Å². The first-order valence-electron chi connectivity index (χ1n) is 6.06. The van der Waals surface area contributed by atoms with E-state index >= 15 is 0 Å². The highest BCUT2D eigenvalue weighted by atomic mass is 35.5. The lowest BCUT2D eigenvalue weighted by atomic mass is 10.0. The maximum absolute atomic E-state index is 11.3. The Morgan fingerprint density at radius 2 is 2.17 bits per heavy atom. The van der Waals surface area contributed by atoms with Crippen LogP contribution >= 0.6 is 11.6 Å². The molecule has 1 rings (SSSR count). The van der Waals surface area contributed by atoms with Gasteiger partial charge in [-0.3, -0.25) is 0 Å². The highest BCUT2D eigenvalue weighted by Crippen LogP contribution is 2.34. The summed E-state index contributed by atoms with van der Waals surface area (Å²) in [6.45, 7) is 7.06. The van der Waals surface area contributed by atoms with Crippen LogP contribution in [0.2, 0.25) is 5.02 Å². The molecule has 4 nitrogen and oxygen atoms in total. The molecule has 1 atom stereocenters. The molecule has 0 spiro atoms. The molecule has 0 saturated heterocycles. The molecule has 18 heavy (non-hydrogen) atoms. The second-order valence-corrected chi connectivity index (χ2v) is 4.80. The molecule has 1 N–H and O–H groups in total. The second kappa shape index (κ2) is 6.25. The minimum Gasteiger partial charge on any atom is -0.478 e. The van der Waals surface area contributed by atoms with E-state index < -0.39 is 5.97 Å². The molecule has 1 unspecified atom stereocenters. The first-order valence-corrected chi connectivity index (χ1v) is 6.44. The third kappa shape index (κ3) is 2.70. The van der Waals surface area contributed by atoms with Crippen LogP contribution < -0.4 is 0 Å². The van der Waals surface area contributed by atoms with Crippen LogP contribution in [-0.2, 0) is 11.3 Å². The van der Waals surface area contributed by atoms with Crippen molar-refractivity contribution >= 4 is 17.6 Å². The van der Waals surface area contributed by atoms with Crippen LogP contribution in [0.1, 0.15) is 47.9 Å². The van der Waals surface area contributed by atoms with Crippen LogP contribution in [0.3, 0.4) is 0 Å². The summed E-state index contributed by atoms with van der Waals surface area (Å²) in [4.78, 5) is 11.3. The van der Waals surface area contributed by atoms with Crippen molar-refractivity contribution in [2.75, 3.05) is 13.7 Å². The van der Waals surface area contributed by atoms with E-state index in [1.807, 2.05) is 4.57 Å². The molecule has 5 heteroatoms. The molecule has 0 aliphatic carbocycles. The maximum atomic E-state index is 11.3. The highest BCUT2D eigenvalue weighted by Gasteiger charge is 2.25. The molecule has 1 aromatic heterocycles. The number of carboxylic acid groups (broad SMARTS) is 1. The van der Waals surface area contributed by atoms with E-state index in [1.165, 1.54) is 0 Å². The number of carboxylic acids is 1. The summed E-state index contributed by atoms with van der Waals surface area (Å²) in [6, 6.07) is 0. The van der Waals surface area contributed by atoms with Crippen molar-refractivity contribution in [3.05, 3.63) is 22.0 Å². The number of methoxy groups -OCH3 is 1. The molecule has 1 heterocycles. The molecule has 0 bridgehead atoms. The molecule has 1 aromatic rings. The van der Waals surface area contributed by atoms with Gasteiger partial charge in [0.25, 0.3) is 0 Å². The Balaban J connectivity index is 3.36. The molecule has 102 valence electrons. The van der Waals surface area contributed by atoms with E-state index in [0.29, 0.717) is 23.9 Å². The first kappa shape index (κ1) is 15.1. The van der Waals surface area contributed by atoms with E-state index in [9.17, 15) is 9.90 Å². The molecule has 0 aliphatic rings. The molecular formula is C13H20ClNO3. The SMILES string of the molecule is CCC(C)c1c(Cl)c(C(=O)O)c(C)n1CCOC. The van der Waals surface area contributed by atoms with Crippen molar-refractivity contribution in [1.29, 1.82) is 0 Å². The topological polar surface area (TPSA) is 51.5 Å². The number of rotatable bonds is 6. The molecule has 0 fully saturated rings. The number of hydrogen-bond acceptors (Lipinski definition) is 2. The predicted molar refractivity (Wildman–Crippen MR) is 71.7 cm³/mol. The second-order valence-electron chi connectivity index (χ2n) is 4.42.